The largest absolute Gasteiger partial charge is 0.444 e. The van der Waals surface area contributed by atoms with Gasteiger partial charge in [0.2, 0.25) is 23.4 Å². The Morgan fingerprint density at radius 3 is 2.73 bits per heavy atom. The van der Waals surface area contributed by atoms with E-state index in [1.54, 1.807) is 11.0 Å². The van der Waals surface area contributed by atoms with E-state index in [-0.39, 0.29) is 23.7 Å². The lowest BCUT2D eigenvalue weighted by Gasteiger charge is -2.30. The first kappa shape index (κ1) is 27.8. The average Bonchev–Trinajstić information content (AvgIpc) is 3.39. The van der Waals surface area contributed by atoms with E-state index in [9.17, 15) is 14.0 Å². The highest BCUT2D eigenvalue weighted by Crippen LogP contribution is 2.43. The Bertz CT molecular complexity index is 1920. The number of benzene rings is 2. The van der Waals surface area contributed by atoms with E-state index in [2.05, 4.69) is 25.4 Å². The minimum Gasteiger partial charge on any atom is -0.444 e. The highest BCUT2D eigenvalue weighted by molar-refractivity contribution is 6.03. The number of alkyl halides is 1. The highest BCUT2D eigenvalue weighted by Gasteiger charge is 2.43. The van der Waals surface area contributed by atoms with Gasteiger partial charge in [-0.2, -0.15) is 4.98 Å². The number of carbonyl (C=O) groups excluding carboxylic acids is 2. The highest BCUT2D eigenvalue weighted by atomic mass is 19.1. The fraction of sp³-hybridized carbons (Fsp3) is 0.344. The SMILES string of the molecule is Cc1ccc(-c2noc([C@H]3C[C@@H]3F)n2)cc1NC(=O)c1cnc(-c2ccc3[nH]c4c(c3c2)CCN(C(=O)OC(C)(C)C)C4)o1. The van der Waals surface area contributed by atoms with Crippen LogP contribution in [0.3, 0.4) is 0 Å². The summed E-state index contributed by atoms with van der Waals surface area (Å²) in [4.78, 5) is 39.6. The number of fused-ring (bicyclic) bond motifs is 3. The number of nitrogens with zero attached hydrogens (tertiary/aromatic N) is 4. The molecule has 2 atom stereocenters. The van der Waals surface area contributed by atoms with Crippen LogP contribution in [0.1, 0.15) is 66.4 Å². The summed E-state index contributed by atoms with van der Waals surface area (Å²) in [7, 11) is 0. The molecule has 1 saturated carbocycles. The number of anilines is 1. The van der Waals surface area contributed by atoms with Crippen molar-refractivity contribution in [2.75, 3.05) is 11.9 Å². The Morgan fingerprint density at radius 1 is 1.16 bits per heavy atom. The van der Waals surface area contributed by atoms with Gasteiger partial charge in [0.05, 0.1) is 18.7 Å². The monoisotopic (exact) mass is 598 g/mol. The normalized spacial score (nSPS) is 17.9. The smallest absolute Gasteiger partial charge is 0.410 e. The first-order valence-corrected chi connectivity index (χ1v) is 14.5. The topological polar surface area (TPSA) is 139 Å². The number of ether oxygens (including phenoxy) is 1. The summed E-state index contributed by atoms with van der Waals surface area (Å²) < 4.78 is 30.1. The van der Waals surface area contributed by atoms with Crippen LogP contribution >= 0.6 is 0 Å². The Hall–Kier alpha value is -5.00. The van der Waals surface area contributed by atoms with Gasteiger partial charge < -0.3 is 28.9 Å². The molecule has 5 aromatic rings. The van der Waals surface area contributed by atoms with Crippen molar-refractivity contribution in [2.24, 2.45) is 0 Å². The van der Waals surface area contributed by atoms with Crippen LogP contribution < -0.4 is 5.32 Å². The Kier molecular flexibility index (Phi) is 6.52. The zero-order valence-corrected chi connectivity index (χ0v) is 24.7. The minimum atomic E-state index is -0.935. The molecule has 1 aliphatic carbocycles. The van der Waals surface area contributed by atoms with Gasteiger partial charge in [-0.1, -0.05) is 17.3 Å². The van der Waals surface area contributed by atoms with E-state index in [1.807, 2.05) is 58.0 Å². The number of halogens is 1. The van der Waals surface area contributed by atoms with Gasteiger partial charge in [-0.25, -0.2) is 14.2 Å². The Labute approximate surface area is 251 Å². The van der Waals surface area contributed by atoms with Crippen LogP contribution in [0.2, 0.25) is 0 Å². The fourth-order valence-corrected chi connectivity index (χ4v) is 5.37. The van der Waals surface area contributed by atoms with Crippen LogP contribution in [0, 0.1) is 6.92 Å². The van der Waals surface area contributed by atoms with E-state index >= 15 is 0 Å². The number of amides is 2. The standard InChI is InChI=1S/C32H31FN6O5/c1-16-5-6-17(27-37-30(44-38-27)21-13-22(21)33)12-24(16)36-28(40)26-14-34-29(42-26)18-7-8-23-20(11-18)19-9-10-39(15-25(19)35-23)31(41)43-32(2,3)4/h5-8,11-12,14,21-22,35H,9-10,13,15H2,1-4H3,(H,36,40)/t21-,22-/m0/s1. The number of oxazole rings is 1. The van der Waals surface area contributed by atoms with Crippen molar-refractivity contribution < 1.29 is 27.7 Å². The van der Waals surface area contributed by atoms with Gasteiger partial charge in [-0.3, -0.25) is 4.79 Å². The molecule has 0 spiro atoms. The zero-order chi connectivity index (χ0) is 30.7. The van der Waals surface area contributed by atoms with Crippen LogP contribution in [-0.2, 0) is 17.7 Å². The maximum atomic E-state index is 13.4. The number of hydrogen-bond acceptors (Lipinski definition) is 8. The second kappa shape index (κ2) is 10.3. The van der Waals surface area contributed by atoms with E-state index in [1.165, 1.54) is 6.20 Å². The molecule has 0 unspecified atom stereocenters. The summed E-state index contributed by atoms with van der Waals surface area (Å²) in [5, 5.41) is 7.87. The van der Waals surface area contributed by atoms with E-state index in [0.717, 1.165) is 33.3 Å². The second-order valence-corrected chi connectivity index (χ2v) is 12.3. The summed E-state index contributed by atoms with van der Waals surface area (Å²) in [6, 6.07) is 11.2. The zero-order valence-electron chi connectivity index (χ0n) is 24.7. The number of carbonyl (C=O) groups is 2. The molecular weight excluding hydrogens is 567 g/mol. The summed E-state index contributed by atoms with van der Waals surface area (Å²) >= 11 is 0. The predicted octanol–water partition coefficient (Wildman–Crippen LogP) is 6.55. The third-order valence-corrected chi connectivity index (χ3v) is 7.82. The molecule has 7 rings (SSSR count). The molecule has 2 aliphatic rings. The lowest BCUT2D eigenvalue weighted by atomic mass is 10.0. The summed E-state index contributed by atoms with van der Waals surface area (Å²) in [5.74, 6) is 0.191. The molecule has 44 heavy (non-hydrogen) atoms. The van der Waals surface area contributed by atoms with Crippen molar-refractivity contribution in [3.63, 3.8) is 0 Å². The lowest BCUT2D eigenvalue weighted by Crippen LogP contribution is -2.39. The molecule has 1 aliphatic heterocycles. The first-order chi connectivity index (χ1) is 21.0. The number of aryl methyl sites for hydroxylation is 1. The Morgan fingerprint density at radius 2 is 1.95 bits per heavy atom. The first-order valence-electron chi connectivity index (χ1n) is 14.5. The molecule has 2 aromatic carbocycles. The quantitative estimate of drug-likeness (QED) is 0.232. The van der Waals surface area contributed by atoms with Crippen molar-refractivity contribution in [1.29, 1.82) is 0 Å². The molecule has 0 saturated heterocycles. The summed E-state index contributed by atoms with van der Waals surface area (Å²) in [5.41, 5.74) is 5.22. The number of hydrogen-bond donors (Lipinski definition) is 2. The molecule has 3 aromatic heterocycles. The van der Waals surface area contributed by atoms with Crippen LogP contribution in [0.15, 0.2) is 51.5 Å². The number of H-pyrrole nitrogens is 1. The molecular formula is C32H31FN6O5. The third kappa shape index (κ3) is 5.31. The van der Waals surface area contributed by atoms with Crippen LogP contribution in [0.5, 0.6) is 0 Å². The van der Waals surface area contributed by atoms with Gasteiger partial charge in [0, 0.05) is 40.0 Å². The van der Waals surface area contributed by atoms with Crippen molar-refractivity contribution in [3.8, 4) is 22.8 Å². The van der Waals surface area contributed by atoms with Gasteiger partial charge in [0.15, 0.2) is 0 Å². The minimum absolute atomic E-state index is 0.0542. The van der Waals surface area contributed by atoms with E-state index < -0.39 is 17.7 Å². The number of nitrogens with one attached hydrogen (secondary N) is 2. The maximum Gasteiger partial charge on any atom is 0.410 e. The van der Waals surface area contributed by atoms with Gasteiger partial charge in [-0.15, -0.1) is 0 Å². The van der Waals surface area contributed by atoms with E-state index in [4.69, 9.17) is 13.7 Å². The molecule has 0 bridgehead atoms. The van der Waals surface area contributed by atoms with Crippen molar-refractivity contribution >= 4 is 28.6 Å². The van der Waals surface area contributed by atoms with Crippen molar-refractivity contribution in [1.82, 2.24) is 25.0 Å². The molecule has 4 heterocycles. The molecule has 2 N–H and O–H groups in total. The predicted molar refractivity (Wildman–Crippen MR) is 159 cm³/mol. The molecule has 226 valence electrons. The van der Waals surface area contributed by atoms with Gasteiger partial charge in [-0.05, 0) is 75.9 Å². The average molecular weight is 599 g/mol. The number of aromatic nitrogens is 4. The van der Waals surface area contributed by atoms with Gasteiger partial charge in [0.1, 0.15) is 11.8 Å². The lowest BCUT2D eigenvalue weighted by molar-refractivity contribution is 0.0222. The molecule has 11 nitrogen and oxygen atoms in total. The molecule has 0 radical (unpaired) electrons. The van der Waals surface area contributed by atoms with Crippen molar-refractivity contribution in [3.05, 3.63) is 71.1 Å². The van der Waals surface area contributed by atoms with Crippen LogP contribution in [-0.4, -0.2) is 55.3 Å². The Balaban J connectivity index is 1.07. The van der Waals surface area contributed by atoms with Crippen LogP contribution in [0.25, 0.3) is 33.7 Å². The molecule has 2 amide bonds. The van der Waals surface area contributed by atoms with Gasteiger partial charge >= 0.3 is 6.09 Å². The molecule has 1 fully saturated rings. The maximum absolute atomic E-state index is 13.4. The fourth-order valence-electron chi connectivity index (χ4n) is 5.37. The molecule has 12 heteroatoms. The third-order valence-electron chi connectivity index (χ3n) is 7.82. The van der Waals surface area contributed by atoms with Crippen LogP contribution in [0.4, 0.5) is 14.9 Å². The van der Waals surface area contributed by atoms with E-state index in [0.29, 0.717) is 48.9 Å². The number of aromatic amines is 1. The van der Waals surface area contributed by atoms with Gasteiger partial charge in [0.25, 0.3) is 5.91 Å². The summed E-state index contributed by atoms with van der Waals surface area (Å²) in [6.45, 7) is 8.42. The van der Waals surface area contributed by atoms with Crippen molar-refractivity contribution in [2.45, 2.75) is 64.8 Å². The second-order valence-electron chi connectivity index (χ2n) is 12.3. The number of rotatable bonds is 5. The summed E-state index contributed by atoms with van der Waals surface area (Å²) in [6.07, 6.45) is 1.20.